The predicted molar refractivity (Wildman–Crippen MR) is 106 cm³/mol. The Bertz CT molecular complexity index is 789. The van der Waals surface area contributed by atoms with Gasteiger partial charge in [0.15, 0.2) is 0 Å². The molecule has 1 aliphatic heterocycles. The highest BCUT2D eigenvalue weighted by Crippen LogP contribution is 2.17. The fourth-order valence-corrected chi connectivity index (χ4v) is 3.08. The van der Waals surface area contributed by atoms with Crippen LogP contribution in [0.4, 0.5) is 16.3 Å². The zero-order valence-corrected chi connectivity index (χ0v) is 16.2. The fourth-order valence-electron chi connectivity index (χ4n) is 3.08. The number of likely N-dealkylation sites (tertiary alicyclic amines) is 1. The molecular weight excluding hydrogens is 358 g/mol. The number of aromatic nitrogens is 2. The van der Waals surface area contributed by atoms with Gasteiger partial charge < -0.3 is 19.9 Å². The first-order valence-electron chi connectivity index (χ1n) is 9.42. The first kappa shape index (κ1) is 19.6. The lowest BCUT2D eigenvalue weighted by atomic mass is 10.1. The Labute approximate surface area is 164 Å². The number of hydrogen-bond donors (Lipinski definition) is 1. The second kappa shape index (κ2) is 9.16. The average molecular weight is 383 g/mol. The van der Waals surface area contributed by atoms with Crippen LogP contribution in [0.1, 0.15) is 30.3 Å². The molecule has 0 saturated carbocycles. The van der Waals surface area contributed by atoms with Gasteiger partial charge in [-0.3, -0.25) is 4.79 Å². The summed E-state index contributed by atoms with van der Waals surface area (Å²) in [5, 5.41) is 3.32. The number of piperidine rings is 1. The molecule has 1 aromatic heterocycles. The van der Waals surface area contributed by atoms with Crippen LogP contribution in [0.25, 0.3) is 0 Å². The third-order valence-corrected chi connectivity index (χ3v) is 4.69. The molecule has 148 valence electrons. The normalized spacial score (nSPS) is 14.4. The summed E-state index contributed by atoms with van der Waals surface area (Å²) in [6, 6.07) is 9.59. The molecule has 0 atom stereocenters. The number of benzene rings is 1. The Morgan fingerprint density at radius 3 is 2.50 bits per heavy atom. The summed E-state index contributed by atoms with van der Waals surface area (Å²) in [5.74, 6) is 0.404. The van der Waals surface area contributed by atoms with E-state index in [2.05, 4.69) is 15.3 Å². The Morgan fingerprint density at radius 2 is 1.89 bits per heavy atom. The van der Waals surface area contributed by atoms with E-state index in [0.29, 0.717) is 25.5 Å². The van der Waals surface area contributed by atoms with Crippen molar-refractivity contribution < 1.29 is 14.3 Å². The zero-order chi connectivity index (χ0) is 19.9. The molecule has 2 heterocycles. The largest absolute Gasteiger partial charge is 0.450 e. The van der Waals surface area contributed by atoms with E-state index in [1.54, 1.807) is 30.0 Å². The van der Waals surface area contributed by atoms with E-state index in [1.165, 1.54) is 6.20 Å². The third-order valence-electron chi connectivity index (χ3n) is 4.69. The first-order valence-corrected chi connectivity index (χ1v) is 9.42. The van der Waals surface area contributed by atoms with Crippen molar-refractivity contribution in [1.82, 2.24) is 14.9 Å². The second-order valence-corrected chi connectivity index (χ2v) is 6.59. The van der Waals surface area contributed by atoms with Crippen molar-refractivity contribution in [3.8, 4) is 0 Å². The van der Waals surface area contributed by atoms with E-state index < -0.39 is 0 Å². The smallest absolute Gasteiger partial charge is 0.409 e. The van der Waals surface area contributed by atoms with Gasteiger partial charge in [-0.1, -0.05) is 18.2 Å². The van der Waals surface area contributed by atoms with Gasteiger partial charge >= 0.3 is 6.09 Å². The molecule has 0 spiro atoms. The summed E-state index contributed by atoms with van der Waals surface area (Å²) in [6.45, 7) is 3.47. The maximum atomic E-state index is 12.6. The predicted octanol–water partition coefficient (Wildman–Crippen LogP) is 2.79. The number of carbonyl (C=O) groups is 2. The lowest BCUT2D eigenvalue weighted by Crippen LogP contribution is -2.42. The van der Waals surface area contributed by atoms with Crippen molar-refractivity contribution >= 4 is 23.5 Å². The molecular formula is C20H25N5O3. The van der Waals surface area contributed by atoms with Crippen LogP contribution >= 0.6 is 0 Å². The Hall–Kier alpha value is -3.16. The van der Waals surface area contributed by atoms with Crippen LogP contribution in [0, 0.1) is 0 Å². The van der Waals surface area contributed by atoms with E-state index in [9.17, 15) is 9.59 Å². The quantitative estimate of drug-likeness (QED) is 0.854. The van der Waals surface area contributed by atoms with Gasteiger partial charge in [-0.05, 0) is 31.9 Å². The maximum absolute atomic E-state index is 12.6. The van der Waals surface area contributed by atoms with E-state index in [-0.39, 0.29) is 23.7 Å². The molecule has 3 rings (SSSR count). The van der Waals surface area contributed by atoms with Gasteiger partial charge in [0.1, 0.15) is 11.5 Å². The number of rotatable bonds is 5. The number of anilines is 2. The van der Waals surface area contributed by atoms with Gasteiger partial charge in [-0.25, -0.2) is 14.8 Å². The Balaban J connectivity index is 1.54. The number of hydrogen-bond acceptors (Lipinski definition) is 6. The lowest BCUT2D eigenvalue weighted by Gasteiger charge is -2.31. The minimum Gasteiger partial charge on any atom is -0.450 e. The highest BCUT2D eigenvalue weighted by molar-refractivity contribution is 6.04. The van der Waals surface area contributed by atoms with Crippen LogP contribution in [0.15, 0.2) is 42.7 Å². The molecule has 1 aromatic carbocycles. The number of para-hydroxylation sites is 1. The molecule has 1 saturated heterocycles. The molecule has 8 heteroatoms. The third kappa shape index (κ3) is 4.76. The SMILES string of the molecule is CCOC(=O)N1CCC(Nc2cnc(C(=O)N(C)c3ccccc3)cn2)CC1. The fraction of sp³-hybridized carbons (Fsp3) is 0.400. The minimum absolute atomic E-state index is 0.202. The number of carbonyl (C=O) groups excluding carboxylic acids is 2. The Kier molecular flexibility index (Phi) is 6.41. The molecule has 8 nitrogen and oxygen atoms in total. The lowest BCUT2D eigenvalue weighted by molar-refractivity contribution is 0.0978. The summed E-state index contributed by atoms with van der Waals surface area (Å²) in [6.07, 6.45) is 4.41. The van der Waals surface area contributed by atoms with Gasteiger partial charge in [-0.15, -0.1) is 0 Å². The standard InChI is InChI=1S/C20H25N5O3/c1-3-28-20(27)25-11-9-15(10-12-25)23-18-14-21-17(13-22-18)19(26)24(2)16-7-5-4-6-8-16/h4-8,13-15H,3,9-12H2,1-2H3,(H,22,23). The Morgan fingerprint density at radius 1 is 1.18 bits per heavy atom. The van der Waals surface area contributed by atoms with E-state index in [4.69, 9.17) is 4.74 Å². The molecule has 0 aliphatic carbocycles. The molecule has 28 heavy (non-hydrogen) atoms. The van der Waals surface area contributed by atoms with Crippen molar-refractivity contribution in [2.45, 2.75) is 25.8 Å². The molecule has 1 fully saturated rings. The van der Waals surface area contributed by atoms with E-state index in [0.717, 1.165) is 18.5 Å². The summed E-state index contributed by atoms with van der Waals surface area (Å²) < 4.78 is 5.03. The molecule has 2 amide bonds. The van der Waals surface area contributed by atoms with Gasteiger partial charge in [0, 0.05) is 31.9 Å². The highest BCUT2D eigenvalue weighted by Gasteiger charge is 2.24. The van der Waals surface area contributed by atoms with Crippen LogP contribution in [0.2, 0.25) is 0 Å². The molecule has 1 aliphatic rings. The number of amides is 2. The van der Waals surface area contributed by atoms with E-state index >= 15 is 0 Å². The maximum Gasteiger partial charge on any atom is 0.409 e. The molecule has 1 N–H and O–H groups in total. The van der Waals surface area contributed by atoms with Crippen LogP contribution in [-0.2, 0) is 4.74 Å². The molecule has 2 aromatic rings. The van der Waals surface area contributed by atoms with Crippen LogP contribution < -0.4 is 10.2 Å². The first-order chi connectivity index (χ1) is 13.6. The molecule has 0 radical (unpaired) electrons. The monoisotopic (exact) mass is 383 g/mol. The van der Waals surface area contributed by atoms with Crippen LogP contribution in [0.3, 0.4) is 0 Å². The summed E-state index contributed by atoms with van der Waals surface area (Å²) in [5.41, 5.74) is 1.08. The highest BCUT2D eigenvalue weighted by atomic mass is 16.6. The number of ether oxygens (including phenoxy) is 1. The van der Waals surface area contributed by atoms with Gasteiger partial charge in [0.2, 0.25) is 0 Å². The second-order valence-electron chi connectivity index (χ2n) is 6.59. The van der Waals surface area contributed by atoms with Crippen LogP contribution in [-0.4, -0.2) is 59.7 Å². The van der Waals surface area contributed by atoms with Crippen molar-refractivity contribution in [2.24, 2.45) is 0 Å². The topological polar surface area (TPSA) is 87.7 Å². The van der Waals surface area contributed by atoms with Crippen molar-refractivity contribution in [3.63, 3.8) is 0 Å². The summed E-state index contributed by atoms with van der Waals surface area (Å²) in [4.78, 5) is 36.1. The zero-order valence-electron chi connectivity index (χ0n) is 16.2. The number of nitrogens with zero attached hydrogens (tertiary/aromatic N) is 4. The van der Waals surface area contributed by atoms with Crippen molar-refractivity contribution in [1.29, 1.82) is 0 Å². The average Bonchev–Trinajstić information content (AvgIpc) is 2.74. The molecule has 0 bridgehead atoms. The minimum atomic E-state index is -0.258. The van der Waals surface area contributed by atoms with Crippen molar-refractivity contribution in [2.75, 3.05) is 37.0 Å². The van der Waals surface area contributed by atoms with Gasteiger partial charge in [-0.2, -0.15) is 0 Å². The summed E-state index contributed by atoms with van der Waals surface area (Å²) >= 11 is 0. The van der Waals surface area contributed by atoms with Gasteiger partial charge in [0.05, 0.1) is 19.0 Å². The van der Waals surface area contributed by atoms with E-state index in [1.807, 2.05) is 30.3 Å². The van der Waals surface area contributed by atoms with Crippen LogP contribution in [0.5, 0.6) is 0 Å². The van der Waals surface area contributed by atoms with Crippen molar-refractivity contribution in [3.05, 3.63) is 48.4 Å². The number of nitrogens with one attached hydrogen (secondary N) is 1. The molecule has 0 unspecified atom stereocenters. The van der Waals surface area contributed by atoms with Gasteiger partial charge in [0.25, 0.3) is 5.91 Å². The summed E-state index contributed by atoms with van der Waals surface area (Å²) in [7, 11) is 1.71.